The second-order valence-corrected chi connectivity index (χ2v) is 6.07. The maximum atomic E-state index is 4.49. The molecule has 0 fully saturated rings. The van der Waals surface area contributed by atoms with Gasteiger partial charge in [0.25, 0.3) is 0 Å². The smallest absolute Gasteiger partial charge is 0.0630 e. The summed E-state index contributed by atoms with van der Waals surface area (Å²) < 4.78 is 0. The Kier molecular flexibility index (Phi) is 4.56. The summed E-state index contributed by atoms with van der Waals surface area (Å²) in [5.74, 6) is 0. The maximum absolute atomic E-state index is 4.49. The van der Waals surface area contributed by atoms with Crippen LogP contribution in [-0.4, -0.2) is 12.4 Å². The van der Waals surface area contributed by atoms with E-state index in [1.807, 2.05) is 54.9 Å². The van der Waals surface area contributed by atoms with Gasteiger partial charge in [0.2, 0.25) is 0 Å². The van der Waals surface area contributed by atoms with Gasteiger partial charge >= 0.3 is 0 Å². The molecule has 2 nitrogen and oxygen atoms in total. The van der Waals surface area contributed by atoms with Crippen molar-refractivity contribution >= 4 is 35.1 Å². The fraction of sp³-hybridized carbons (Fsp3) is 0.0526. The third kappa shape index (κ3) is 3.99. The van der Waals surface area contributed by atoms with Crippen LogP contribution in [0.15, 0.2) is 76.7 Å². The summed E-state index contributed by atoms with van der Waals surface area (Å²) in [6, 6.07) is 22.3. The molecule has 108 valence electrons. The van der Waals surface area contributed by atoms with Crippen LogP contribution in [-0.2, 0) is 0 Å². The summed E-state index contributed by atoms with van der Waals surface area (Å²) in [4.78, 5) is 11.2. The molecule has 0 unspecified atom stereocenters. The summed E-state index contributed by atoms with van der Waals surface area (Å²) in [6.07, 6.45) is 3.79. The van der Waals surface area contributed by atoms with Crippen molar-refractivity contribution in [1.82, 2.24) is 0 Å². The van der Waals surface area contributed by atoms with Gasteiger partial charge in [-0.1, -0.05) is 35.9 Å². The van der Waals surface area contributed by atoms with Gasteiger partial charge in [-0.25, -0.2) is 0 Å². The van der Waals surface area contributed by atoms with Crippen LogP contribution < -0.4 is 0 Å². The first-order valence-corrected chi connectivity index (χ1v) is 7.91. The van der Waals surface area contributed by atoms with E-state index >= 15 is 0 Å². The van der Waals surface area contributed by atoms with Crippen LogP contribution in [0.25, 0.3) is 0 Å². The predicted molar refractivity (Wildman–Crippen MR) is 96.4 cm³/mol. The molecular weight excluding hydrogens is 288 g/mol. The molecule has 0 N–H and O–H groups in total. The average Bonchev–Trinajstić information content (AvgIpc) is 3.01. The monoisotopic (exact) mass is 304 g/mol. The number of benzene rings is 2. The lowest BCUT2D eigenvalue weighted by molar-refractivity contribution is 1.44. The van der Waals surface area contributed by atoms with Crippen LogP contribution in [0.3, 0.4) is 0 Å². The Morgan fingerprint density at radius 2 is 1.23 bits per heavy atom. The zero-order valence-corrected chi connectivity index (χ0v) is 13.1. The minimum Gasteiger partial charge on any atom is -0.255 e. The first kappa shape index (κ1) is 14.4. The lowest BCUT2D eigenvalue weighted by atomic mass is 10.2. The molecule has 0 radical (unpaired) electrons. The highest BCUT2D eigenvalue weighted by Gasteiger charge is 1.96. The van der Waals surface area contributed by atoms with Crippen molar-refractivity contribution in [2.45, 2.75) is 6.92 Å². The minimum atomic E-state index is 0.964. The Hall–Kier alpha value is -2.52. The number of hydrogen-bond donors (Lipinski definition) is 0. The molecule has 3 heteroatoms. The standard InChI is InChI=1S/C19H16N2S/c1-15-7-9-17(10-8-15)21-14-19-12-11-18(22-19)13-20-16-5-3-2-4-6-16/h2-14H,1H3. The maximum Gasteiger partial charge on any atom is 0.0630 e. The summed E-state index contributed by atoms with van der Waals surface area (Å²) in [6.45, 7) is 2.07. The molecule has 0 atom stereocenters. The SMILES string of the molecule is Cc1ccc(N=Cc2ccc(C=Nc3ccccc3)s2)cc1. The number of hydrogen-bond acceptors (Lipinski definition) is 3. The van der Waals surface area contributed by atoms with E-state index in [0.29, 0.717) is 0 Å². The first-order valence-electron chi connectivity index (χ1n) is 7.09. The highest BCUT2D eigenvalue weighted by Crippen LogP contribution is 2.17. The summed E-state index contributed by atoms with van der Waals surface area (Å²) in [7, 11) is 0. The fourth-order valence-electron chi connectivity index (χ4n) is 1.93. The number of aryl methyl sites for hydroxylation is 1. The average molecular weight is 304 g/mol. The van der Waals surface area contributed by atoms with E-state index in [1.165, 1.54) is 5.56 Å². The molecule has 3 aromatic rings. The van der Waals surface area contributed by atoms with E-state index in [-0.39, 0.29) is 0 Å². The molecule has 2 aromatic carbocycles. The highest BCUT2D eigenvalue weighted by molar-refractivity contribution is 7.15. The molecule has 0 amide bonds. The Morgan fingerprint density at radius 3 is 1.82 bits per heavy atom. The quantitative estimate of drug-likeness (QED) is 0.564. The minimum absolute atomic E-state index is 0.964. The molecule has 0 saturated heterocycles. The van der Waals surface area contributed by atoms with Crippen LogP contribution in [0, 0.1) is 6.92 Å². The van der Waals surface area contributed by atoms with Crippen molar-refractivity contribution in [2.24, 2.45) is 9.98 Å². The first-order chi connectivity index (χ1) is 10.8. The zero-order valence-electron chi connectivity index (χ0n) is 12.3. The molecule has 0 aliphatic rings. The van der Waals surface area contributed by atoms with Crippen LogP contribution in [0.4, 0.5) is 11.4 Å². The van der Waals surface area contributed by atoms with Gasteiger partial charge in [0.1, 0.15) is 0 Å². The van der Waals surface area contributed by atoms with Crippen LogP contribution in [0.2, 0.25) is 0 Å². The summed E-state index contributed by atoms with van der Waals surface area (Å²) >= 11 is 1.68. The van der Waals surface area contributed by atoms with Crippen molar-refractivity contribution < 1.29 is 0 Å². The third-order valence-corrected chi connectivity index (χ3v) is 4.07. The van der Waals surface area contributed by atoms with E-state index in [2.05, 4.69) is 41.2 Å². The highest BCUT2D eigenvalue weighted by atomic mass is 32.1. The topological polar surface area (TPSA) is 24.7 Å². The molecule has 1 heterocycles. The molecule has 22 heavy (non-hydrogen) atoms. The van der Waals surface area contributed by atoms with Crippen LogP contribution in [0.1, 0.15) is 15.3 Å². The summed E-state index contributed by atoms with van der Waals surface area (Å²) in [5.41, 5.74) is 3.18. The Balaban J connectivity index is 1.68. The molecule has 0 saturated carbocycles. The number of nitrogens with zero attached hydrogens (tertiary/aromatic N) is 2. The van der Waals surface area contributed by atoms with E-state index in [0.717, 1.165) is 21.1 Å². The van der Waals surface area contributed by atoms with Gasteiger partial charge in [0.05, 0.1) is 11.4 Å². The molecule has 3 rings (SSSR count). The van der Waals surface area contributed by atoms with Crippen LogP contribution >= 0.6 is 11.3 Å². The molecule has 0 aliphatic heterocycles. The van der Waals surface area contributed by atoms with E-state index in [9.17, 15) is 0 Å². The van der Waals surface area contributed by atoms with Gasteiger partial charge in [0, 0.05) is 22.2 Å². The number of thiophene rings is 1. The Bertz CT molecular complexity index is 784. The summed E-state index contributed by atoms with van der Waals surface area (Å²) in [5, 5.41) is 0. The van der Waals surface area contributed by atoms with Crippen molar-refractivity contribution in [1.29, 1.82) is 0 Å². The van der Waals surface area contributed by atoms with Crippen molar-refractivity contribution in [3.63, 3.8) is 0 Å². The molecule has 1 aromatic heterocycles. The van der Waals surface area contributed by atoms with Gasteiger partial charge in [0.15, 0.2) is 0 Å². The van der Waals surface area contributed by atoms with Gasteiger partial charge in [-0.15, -0.1) is 11.3 Å². The van der Waals surface area contributed by atoms with Crippen molar-refractivity contribution in [3.8, 4) is 0 Å². The Labute approximate surface area is 134 Å². The molecule has 0 bridgehead atoms. The molecule has 0 spiro atoms. The second kappa shape index (κ2) is 6.96. The number of para-hydroxylation sites is 1. The van der Waals surface area contributed by atoms with Crippen molar-refractivity contribution in [3.05, 3.63) is 82.0 Å². The van der Waals surface area contributed by atoms with Gasteiger partial charge in [-0.05, 0) is 43.3 Å². The normalized spacial score (nSPS) is 11.5. The fourth-order valence-corrected chi connectivity index (χ4v) is 2.68. The third-order valence-electron chi connectivity index (χ3n) is 3.12. The lowest BCUT2D eigenvalue weighted by Gasteiger charge is -1.93. The molecule has 0 aliphatic carbocycles. The van der Waals surface area contributed by atoms with Crippen LogP contribution in [0.5, 0.6) is 0 Å². The zero-order chi connectivity index (χ0) is 15.2. The van der Waals surface area contributed by atoms with Gasteiger partial charge < -0.3 is 0 Å². The predicted octanol–water partition coefficient (Wildman–Crippen LogP) is 5.56. The lowest BCUT2D eigenvalue weighted by Crippen LogP contribution is -1.73. The largest absolute Gasteiger partial charge is 0.255 e. The van der Waals surface area contributed by atoms with E-state index in [4.69, 9.17) is 0 Å². The number of aliphatic imine (C=N–C) groups is 2. The second-order valence-electron chi connectivity index (χ2n) is 4.93. The van der Waals surface area contributed by atoms with Gasteiger partial charge in [-0.2, -0.15) is 0 Å². The van der Waals surface area contributed by atoms with Crippen molar-refractivity contribution in [2.75, 3.05) is 0 Å². The van der Waals surface area contributed by atoms with E-state index in [1.54, 1.807) is 11.3 Å². The van der Waals surface area contributed by atoms with E-state index < -0.39 is 0 Å². The molecular formula is C19H16N2S. The number of rotatable bonds is 4. The Morgan fingerprint density at radius 1 is 0.682 bits per heavy atom. The van der Waals surface area contributed by atoms with Gasteiger partial charge in [-0.3, -0.25) is 9.98 Å².